The second-order valence-electron chi connectivity index (χ2n) is 8.59. The maximum Gasteiger partial charge on any atom is 0.294 e. The average molecular weight is 582 g/mol. The van der Waals surface area contributed by atoms with E-state index in [1.807, 2.05) is 6.92 Å². The number of ether oxygens (including phenoxy) is 2. The van der Waals surface area contributed by atoms with Crippen molar-refractivity contribution in [1.29, 1.82) is 0 Å². The molecule has 0 unspecified atom stereocenters. The van der Waals surface area contributed by atoms with Crippen LogP contribution in [-0.2, 0) is 16.2 Å². The number of rotatable bonds is 10. The lowest BCUT2D eigenvalue weighted by atomic mass is 10.1. The van der Waals surface area contributed by atoms with Gasteiger partial charge >= 0.3 is 0 Å². The summed E-state index contributed by atoms with van der Waals surface area (Å²) >= 11 is 6.82. The number of nitrogens with one attached hydrogen (secondary N) is 1. The molecule has 206 valence electrons. The summed E-state index contributed by atoms with van der Waals surface area (Å²) in [5.74, 6) is -0.410. The number of carbonyl (C=O) groups is 3. The number of benzene rings is 3. The standard InChI is InChI=1S/C28H24ClN3O7S/c1-3-38-24-12-18(9-11-23(24)39-16-19-6-4-5-7-22(19)32(36)37)13-25-27(34)31(28(35)40-25)15-26(33)30-20-10-8-17(2)21(29)14-20/h4-14H,3,15-16H2,1-2H3,(H,30,33)/b25-13+. The molecule has 0 spiro atoms. The molecule has 0 aromatic heterocycles. The highest BCUT2D eigenvalue weighted by atomic mass is 35.5. The Balaban J connectivity index is 1.46. The molecule has 3 aromatic rings. The highest BCUT2D eigenvalue weighted by Crippen LogP contribution is 2.35. The van der Waals surface area contributed by atoms with Gasteiger partial charge in [0.25, 0.3) is 16.8 Å². The molecule has 10 nitrogen and oxygen atoms in total. The van der Waals surface area contributed by atoms with Crippen molar-refractivity contribution in [2.45, 2.75) is 20.5 Å². The molecule has 1 fully saturated rings. The Morgan fingerprint density at radius 2 is 1.88 bits per heavy atom. The highest BCUT2D eigenvalue weighted by molar-refractivity contribution is 8.18. The third kappa shape index (κ3) is 6.80. The van der Waals surface area contributed by atoms with Crippen LogP contribution in [0.4, 0.5) is 16.2 Å². The lowest BCUT2D eigenvalue weighted by Gasteiger charge is -2.13. The summed E-state index contributed by atoms with van der Waals surface area (Å²) in [6.45, 7) is 3.45. The summed E-state index contributed by atoms with van der Waals surface area (Å²) in [5.41, 5.74) is 2.22. The minimum absolute atomic E-state index is 0.0493. The van der Waals surface area contributed by atoms with E-state index < -0.39 is 28.5 Å². The highest BCUT2D eigenvalue weighted by Gasteiger charge is 2.36. The molecule has 4 rings (SSSR count). The molecule has 0 aliphatic carbocycles. The van der Waals surface area contributed by atoms with Crippen LogP contribution in [0.25, 0.3) is 6.08 Å². The second kappa shape index (κ2) is 12.7. The number of nitro groups is 1. The van der Waals surface area contributed by atoms with Crippen molar-refractivity contribution < 1.29 is 28.8 Å². The number of aryl methyl sites for hydroxylation is 1. The summed E-state index contributed by atoms with van der Waals surface area (Å²) in [6, 6.07) is 16.2. The normalized spacial score (nSPS) is 14.0. The van der Waals surface area contributed by atoms with E-state index in [-0.39, 0.29) is 17.2 Å². The van der Waals surface area contributed by atoms with Crippen LogP contribution in [0.3, 0.4) is 0 Å². The Morgan fingerprint density at radius 3 is 2.60 bits per heavy atom. The molecule has 0 saturated carbocycles. The molecule has 0 atom stereocenters. The van der Waals surface area contributed by atoms with Crippen molar-refractivity contribution >= 4 is 57.9 Å². The minimum atomic E-state index is -0.596. The molecule has 0 radical (unpaired) electrons. The summed E-state index contributed by atoms with van der Waals surface area (Å²) in [6.07, 6.45) is 1.52. The van der Waals surface area contributed by atoms with E-state index in [1.54, 1.807) is 61.5 Å². The molecule has 0 bridgehead atoms. The maximum atomic E-state index is 12.9. The predicted molar refractivity (Wildman–Crippen MR) is 153 cm³/mol. The van der Waals surface area contributed by atoms with E-state index in [4.69, 9.17) is 21.1 Å². The van der Waals surface area contributed by atoms with Crippen LogP contribution < -0.4 is 14.8 Å². The Labute approximate surface area is 239 Å². The van der Waals surface area contributed by atoms with Crippen LogP contribution in [0, 0.1) is 17.0 Å². The van der Waals surface area contributed by atoms with Gasteiger partial charge in [0.15, 0.2) is 11.5 Å². The number of nitrogens with zero attached hydrogens (tertiary/aromatic N) is 2. The fraction of sp³-hybridized carbons (Fsp3) is 0.179. The zero-order valence-corrected chi connectivity index (χ0v) is 23.1. The number of amides is 3. The van der Waals surface area contributed by atoms with Crippen molar-refractivity contribution in [3.05, 3.63) is 97.4 Å². The van der Waals surface area contributed by atoms with Gasteiger partial charge in [0.2, 0.25) is 5.91 Å². The van der Waals surface area contributed by atoms with E-state index in [0.29, 0.717) is 39.9 Å². The number of halogens is 1. The average Bonchev–Trinajstić information content (AvgIpc) is 3.17. The van der Waals surface area contributed by atoms with Gasteiger partial charge in [-0.1, -0.05) is 35.9 Å². The smallest absolute Gasteiger partial charge is 0.294 e. The number of anilines is 1. The van der Waals surface area contributed by atoms with Crippen LogP contribution in [0.15, 0.2) is 65.6 Å². The SMILES string of the molecule is CCOc1cc(/C=C2/SC(=O)N(CC(=O)Nc3ccc(C)c(Cl)c3)C2=O)ccc1OCc1ccccc1[N+](=O)[O-]. The first-order valence-corrected chi connectivity index (χ1v) is 13.3. The fourth-order valence-electron chi connectivity index (χ4n) is 3.77. The van der Waals surface area contributed by atoms with Gasteiger partial charge in [-0.3, -0.25) is 29.4 Å². The molecule has 1 heterocycles. The molecule has 1 saturated heterocycles. The van der Waals surface area contributed by atoms with Gasteiger partial charge in [0.1, 0.15) is 13.2 Å². The summed E-state index contributed by atoms with van der Waals surface area (Å²) < 4.78 is 11.5. The number of nitro benzene ring substituents is 1. The summed E-state index contributed by atoms with van der Waals surface area (Å²) in [5, 5.41) is 13.8. The van der Waals surface area contributed by atoms with E-state index in [9.17, 15) is 24.5 Å². The van der Waals surface area contributed by atoms with Crippen molar-refractivity contribution in [2.75, 3.05) is 18.5 Å². The first-order chi connectivity index (χ1) is 19.2. The minimum Gasteiger partial charge on any atom is -0.490 e. The zero-order chi connectivity index (χ0) is 28.8. The summed E-state index contributed by atoms with van der Waals surface area (Å²) in [4.78, 5) is 49.8. The van der Waals surface area contributed by atoms with Gasteiger partial charge in [0.05, 0.1) is 22.0 Å². The van der Waals surface area contributed by atoms with Crippen LogP contribution in [0.1, 0.15) is 23.6 Å². The van der Waals surface area contributed by atoms with E-state index >= 15 is 0 Å². The van der Waals surface area contributed by atoms with Crippen LogP contribution >= 0.6 is 23.4 Å². The Bertz CT molecular complexity index is 1530. The first kappa shape index (κ1) is 28.7. The molecule has 40 heavy (non-hydrogen) atoms. The predicted octanol–water partition coefficient (Wildman–Crippen LogP) is 6.21. The monoisotopic (exact) mass is 581 g/mol. The third-order valence-electron chi connectivity index (χ3n) is 5.77. The molecule has 12 heteroatoms. The number of hydrogen-bond donors (Lipinski definition) is 1. The Kier molecular flexibility index (Phi) is 9.08. The third-order valence-corrected chi connectivity index (χ3v) is 7.08. The van der Waals surface area contributed by atoms with Crippen molar-refractivity contribution in [3.8, 4) is 11.5 Å². The van der Waals surface area contributed by atoms with Crippen LogP contribution in [-0.4, -0.2) is 40.0 Å². The van der Waals surface area contributed by atoms with Crippen molar-refractivity contribution in [3.63, 3.8) is 0 Å². The molecule has 1 N–H and O–H groups in total. The van der Waals surface area contributed by atoms with E-state index in [0.717, 1.165) is 22.2 Å². The van der Waals surface area contributed by atoms with Gasteiger partial charge in [0, 0.05) is 16.8 Å². The molecule has 3 amide bonds. The van der Waals surface area contributed by atoms with Crippen LogP contribution in [0.2, 0.25) is 5.02 Å². The number of para-hydroxylation sites is 1. The molecule has 3 aromatic carbocycles. The van der Waals surface area contributed by atoms with E-state index in [2.05, 4.69) is 5.32 Å². The second-order valence-corrected chi connectivity index (χ2v) is 9.99. The van der Waals surface area contributed by atoms with Gasteiger partial charge < -0.3 is 14.8 Å². The van der Waals surface area contributed by atoms with Gasteiger partial charge in [-0.2, -0.15) is 0 Å². The molecular weight excluding hydrogens is 558 g/mol. The van der Waals surface area contributed by atoms with Crippen molar-refractivity contribution in [1.82, 2.24) is 4.90 Å². The van der Waals surface area contributed by atoms with Crippen LogP contribution in [0.5, 0.6) is 11.5 Å². The number of imide groups is 1. The topological polar surface area (TPSA) is 128 Å². The molecular formula is C28H24ClN3O7S. The Morgan fingerprint density at radius 1 is 1.10 bits per heavy atom. The van der Waals surface area contributed by atoms with E-state index in [1.165, 1.54) is 12.1 Å². The molecule has 1 aliphatic heterocycles. The lowest BCUT2D eigenvalue weighted by Crippen LogP contribution is -2.36. The summed E-state index contributed by atoms with van der Waals surface area (Å²) in [7, 11) is 0. The number of hydrogen-bond acceptors (Lipinski definition) is 8. The zero-order valence-electron chi connectivity index (χ0n) is 21.5. The number of carbonyl (C=O) groups excluding carboxylic acids is 3. The maximum absolute atomic E-state index is 12.9. The van der Waals surface area contributed by atoms with Crippen molar-refractivity contribution in [2.24, 2.45) is 0 Å². The van der Waals surface area contributed by atoms with Gasteiger partial charge in [-0.05, 0) is 73.1 Å². The fourth-order valence-corrected chi connectivity index (χ4v) is 4.79. The quantitative estimate of drug-likeness (QED) is 0.170. The lowest BCUT2D eigenvalue weighted by molar-refractivity contribution is -0.385. The molecule has 1 aliphatic rings. The largest absolute Gasteiger partial charge is 0.490 e. The van der Waals surface area contributed by atoms with Gasteiger partial charge in [-0.25, -0.2) is 0 Å². The first-order valence-electron chi connectivity index (χ1n) is 12.1. The number of thioether (sulfide) groups is 1. The Hall–Kier alpha value is -4.35. The van der Waals surface area contributed by atoms with Gasteiger partial charge in [-0.15, -0.1) is 0 Å².